The maximum atomic E-state index is 5.42. The van der Waals surface area contributed by atoms with Crippen molar-refractivity contribution in [1.29, 1.82) is 0 Å². The van der Waals surface area contributed by atoms with Crippen LogP contribution in [0.1, 0.15) is 18.1 Å². The van der Waals surface area contributed by atoms with Crippen LogP contribution < -0.4 is 9.47 Å². The maximum Gasteiger partial charge on any atom is 0.231 e. The van der Waals surface area contributed by atoms with Gasteiger partial charge in [0.05, 0.1) is 0 Å². The van der Waals surface area contributed by atoms with Crippen molar-refractivity contribution in [2.24, 2.45) is 0 Å². The number of fused-ring (bicyclic) bond motifs is 1. The monoisotopic (exact) mass is 270 g/mol. The Balaban J connectivity index is 1.68. The molecule has 0 bridgehead atoms. The fourth-order valence-electron chi connectivity index (χ4n) is 2.32. The second-order valence-electron chi connectivity index (χ2n) is 4.85. The average Bonchev–Trinajstić information content (AvgIpc) is 2.95. The summed E-state index contributed by atoms with van der Waals surface area (Å²) in [6, 6.07) is 10.3. The Kier molecular flexibility index (Phi) is 3.83. The molecule has 0 amide bonds. The minimum Gasteiger partial charge on any atom is -0.454 e. The molecule has 0 radical (unpaired) electrons. The number of benzene rings is 1. The Morgan fingerprint density at radius 3 is 2.55 bits per heavy atom. The highest BCUT2D eigenvalue weighted by Gasteiger charge is 2.14. The number of hydrogen-bond donors (Lipinski definition) is 0. The zero-order chi connectivity index (χ0) is 13.8. The van der Waals surface area contributed by atoms with Crippen molar-refractivity contribution in [2.75, 3.05) is 13.3 Å². The van der Waals surface area contributed by atoms with Gasteiger partial charge in [-0.2, -0.15) is 0 Å². The molecule has 20 heavy (non-hydrogen) atoms. The molecule has 3 rings (SSSR count). The van der Waals surface area contributed by atoms with Gasteiger partial charge in [-0.3, -0.25) is 9.88 Å². The van der Waals surface area contributed by atoms with E-state index in [9.17, 15) is 0 Å². The molecular weight excluding hydrogens is 252 g/mol. The van der Waals surface area contributed by atoms with Gasteiger partial charge in [-0.05, 0) is 41.9 Å². The molecular formula is C16H18N2O2. The third-order valence-corrected chi connectivity index (χ3v) is 3.45. The van der Waals surface area contributed by atoms with Gasteiger partial charge in [0.15, 0.2) is 11.5 Å². The van der Waals surface area contributed by atoms with E-state index < -0.39 is 0 Å². The van der Waals surface area contributed by atoms with Crippen LogP contribution in [0.3, 0.4) is 0 Å². The molecule has 1 aliphatic heterocycles. The lowest BCUT2D eigenvalue weighted by molar-refractivity contribution is 0.174. The van der Waals surface area contributed by atoms with E-state index in [1.54, 1.807) is 0 Å². The summed E-state index contributed by atoms with van der Waals surface area (Å²) >= 11 is 0. The Hall–Kier alpha value is -2.07. The molecule has 0 aliphatic carbocycles. The molecule has 0 N–H and O–H groups in total. The van der Waals surface area contributed by atoms with E-state index in [1.165, 1.54) is 11.1 Å². The molecule has 4 heteroatoms. The van der Waals surface area contributed by atoms with Crippen LogP contribution in [0.15, 0.2) is 42.7 Å². The molecule has 0 fully saturated rings. The van der Waals surface area contributed by atoms with Gasteiger partial charge >= 0.3 is 0 Å². The standard InChI is InChI=1S/C16H18N2O2/c1-2-18(10-13-5-7-17-8-6-13)11-14-3-4-15-16(9-14)20-12-19-15/h3-9H,2,10-12H2,1H3. The number of ether oxygens (including phenoxy) is 2. The van der Waals surface area contributed by atoms with Crippen LogP contribution in [0.5, 0.6) is 11.5 Å². The third kappa shape index (κ3) is 2.91. The molecule has 0 spiro atoms. The topological polar surface area (TPSA) is 34.6 Å². The molecule has 0 atom stereocenters. The Morgan fingerprint density at radius 1 is 1.00 bits per heavy atom. The molecule has 2 heterocycles. The predicted molar refractivity (Wildman–Crippen MR) is 76.6 cm³/mol. The van der Waals surface area contributed by atoms with Gasteiger partial charge in [0, 0.05) is 25.5 Å². The molecule has 0 saturated carbocycles. The predicted octanol–water partition coefficient (Wildman–Crippen LogP) is 2.83. The van der Waals surface area contributed by atoms with Crippen LogP contribution in [0.2, 0.25) is 0 Å². The van der Waals surface area contributed by atoms with Crippen molar-refractivity contribution in [2.45, 2.75) is 20.0 Å². The van der Waals surface area contributed by atoms with Gasteiger partial charge < -0.3 is 9.47 Å². The normalized spacial score (nSPS) is 12.9. The molecule has 0 unspecified atom stereocenters. The lowest BCUT2D eigenvalue weighted by Gasteiger charge is -2.20. The van der Waals surface area contributed by atoms with Crippen molar-refractivity contribution in [3.8, 4) is 11.5 Å². The lowest BCUT2D eigenvalue weighted by atomic mass is 10.1. The summed E-state index contributed by atoms with van der Waals surface area (Å²) in [5, 5.41) is 0. The van der Waals surface area contributed by atoms with E-state index in [2.05, 4.69) is 41.1 Å². The fourth-order valence-corrected chi connectivity index (χ4v) is 2.32. The van der Waals surface area contributed by atoms with E-state index in [0.717, 1.165) is 31.1 Å². The number of aromatic nitrogens is 1. The highest BCUT2D eigenvalue weighted by Crippen LogP contribution is 2.32. The van der Waals surface area contributed by atoms with Crippen LogP contribution in [-0.2, 0) is 13.1 Å². The highest BCUT2D eigenvalue weighted by molar-refractivity contribution is 5.44. The van der Waals surface area contributed by atoms with E-state index in [-0.39, 0.29) is 0 Å². The summed E-state index contributed by atoms with van der Waals surface area (Å²) in [5.74, 6) is 1.69. The van der Waals surface area contributed by atoms with Crippen molar-refractivity contribution in [3.63, 3.8) is 0 Å². The summed E-state index contributed by atoms with van der Waals surface area (Å²) in [6.45, 7) is 5.32. The highest BCUT2D eigenvalue weighted by atomic mass is 16.7. The molecule has 1 aromatic carbocycles. The summed E-state index contributed by atoms with van der Waals surface area (Å²) in [7, 11) is 0. The van der Waals surface area contributed by atoms with Gasteiger partial charge in [-0.1, -0.05) is 13.0 Å². The zero-order valence-electron chi connectivity index (χ0n) is 11.6. The number of pyridine rings is 1. The van der Waals surface area contributed by atoms with Crippen LogP contribution >= 0.6 is 0 Å². The van der Waals surface area contributed by atoms with Crippen molar-refractivity contribution in [3.05, 3.63) is 53.9 Å². The largest absolute Gasteiger partial charge is 0.454 e. The average molecular weight is 270 g/mol. The van der Waals surface area contributed by atoms with E-state index in [1.807, 2.05) is 18.5 Å². The first-order chi connectivity index (χ1) is 9.85. The van der Waals surface area contributed by atoms with E-state index in [0.29, 0.717) is 6.79 Å². The van der Waals surface area contributed by atoms with Gasteiger partial charge in [0.1, 0.15) is 0 Å². The number of nitrogens with zero attached hydrogens (tertiary/aromatic N) is 2. The van der Waals surface area contributed by atoms with E-state index in [4.69, 9.17) is 9.47 Å². The second kappa shape index (κ2) is 5.92. The molecule has 4 nitrogen and oxygen atoms in total. The van der Waals surface area contributed by atoms with Crippen molar-refractivity contribution in [1.82, 2.24) is 9.88 Å². The summed E-state index contributed by atoms with van der Waals surface area (Å²) in [5.41, 5.74) is 2.52. The minimum absolute atomic E-state index is 0.327. The molecule has 2 aromatic rings. The molecule has 1 aromatic heterocycles. The first-order valence-electron chi connectivity index (χ1n) is 6.85. The Bertz CT molecular complexity index is 572. The van der Waals surface area contributed by atoms with Crippen molar-refractivity contribution >= 4 is 0 Å². The lowest BCUT2D eigenvalue weighted by Crippen LogP contribution is -2.22. The SMILES string of the molecule is CCN(Cc1ccncc1)Cc1ccc2c(c1)OCO2. The van der Waals surface area contributed by atoms with Crippen LogP contribution in [0.25, 0.3) is 0 Å². The van der Waals surface area contributed by atoms with Crippen LogP contribution in [0.4, 0.5) is 0 Å². The van der Waals surface area contributed by atoms with Gasteiger partial charge in [0.2, 0.25) is 6.79 Å². The summed E-state index contributed by atoms with van der Waals surface area (Å²) < 4.78 is 10.8. The second-order valence-corrected chi connectivity index (χ2v) is 4.85. The Labute approximate surface area is 119 Å². The zero-order valence-corrected chi connectivity index (χ0v) is 11.6. The first-order valence-corrected chi connectivity index (χ1v) is 6.85. The number of hydrogen-bond acceptors (Lipinski definition) is 4. The molecule has 104 valence electrons. The van der Waals surface area contributed by atoms with E-state index >= 15 is 0 Å². The Morgan fingerprint density at radius 2 is 1.75 bits per heavy atom. The smallest absolute Gasteiger partial charge is 0.231 e. The molecule has 1 aliphatic rings. The van der Waals surface area contributed by atoms with Crippen LogP contribution in [-0.4, -0.2) is 23.2 Å². The van der Waals surface area contributed by atoms with Crippen LogP contribution in [0, 0.1) is 0 Å². The van der Waals surface area contributed by atoms with Crippen molar-refractivity contribution < 1.29 is 9.47 Å². The van der Waals surface area contributed by atoms with Gasteiger partial charge in [-0.25, -0.2) is 0 Å². The third-order valence-electron chi connectivity index (χ3n) is 3.45. The van der Waals surface area contributed by atoms with Gasteiger partial charge in [0.25, 0.3) is 0 Å². The quantitative estimate of drug-likeness (QED) is 0.836. The maximum absolute atomic E-state index is 5.42. The summed E-state index contributed by atoms with van der Waals surface area (Å²) in [6.07, 6.45) is 3.67. The van der Waals surface area contributed by atoms with Gasteiger partial charge in [-0.15, -0.1) is 0 Å². The minimum atomic E-state index is 0.327. The first kappa shape index (κ1) is 12.9. The number of rotatable bonds is 5. The summed E-state index contributed by atoms with van der Waals surface area (Å²) in [4.78, 5) is 6.43. The molecule has 0 saturated heterocycles. The fraction of sp³-hybridized carbons (Fsp3) is 0.312.